The van der Waals surface area contributed by atoms with Crippen molar-refractivity contribution in [3.63, 3.8) is 0 Å². The summed E-state index contributed by atoms with van der Waals surface area (Å²) in [6, 6.07) is 0. The van der Waals surface area contributed by atoms with Crippen LogP contribution in [0, 0.1) is 0 Å². The van der Waals surface area contributed by atoms with Crippen molar-refractivity contribution in [2.45, 2.75) is 19.5 Å². The van der Waals surface area contributed by atoms with E-state index >= 15 is 0 Å². The highest BCUT2D eigenvalue weighted by Gasteiger charge is 2.10. The molecule has 1 heterocycles. The lowest BCUT2D eigenvalue weighted by atomic mass is 10.4. The summed E-state index contributed by atoms with van der Waals surface area (Å²) in [5, 5.41) is 11.0. The van der Waals surface area contributed by atoms with Crippen molar-refractivity contribution in [1.29, 1.82) is 0 Å². The van der Waals surface area contributed by atoms with Crippen LogP contribution >= 0.6 is 0 Å². The topological polar surface area (TPSA) is 67.2 Å². The van der Waals surface area contributed by atoms with Gasteiger partial charge in [-0.15, -0.1) is 0 Å². The van der Waals surface area contributed by atoms with Crippen molar-refractivity contribution in [1.82, 2.24) is 14.9 Å². The van der Waals surface area contributed by atoms with Gasteiger partial charge < -0.3 is 10.4 Å². The van der Waals surface area contributed by atoms with Gasteiger partial charge in [-0.25, -0.2) is 4.98 Å². The SMILES string of the molecule is O=C(O)CCNCc1nccn1C(F)F. The number of imidazole rings is 1. The first-order valence-electron chi connectivity index (χ1n) is 4.33. The molecule has 0 saturated carbocycles. The van der Waals surface area contributed by atoms with Crippen molar-refractivity contribution < 1.29 is 18.7 Å². The zero-order chi connectivity index (χ0) is 11.3. The number of hydrogen-bond donors (Lipinski definition) is 2. The summed E-state index contributed by atoms with van der Waals surface area (Å²) in [5.74, 6) is -0.741. The summed E-state index contributed by atoms with van der Waals surface area (Å²) in [4.78, 5) is 13.9. The first-order valence-corrected chi connectivity index (χ1v) is 4.33. The van der Waals surface area contributed by atoms with Crippen molar-refractivity contribution in [2.75, 3.05) is 6.54 Å². The molecule has 15 heavy (non-hydrogen) atoms. The molecule has 0 spiro atoms. The maximum Gasteiger partial charge on any atom is 0.319 e. The Kier molecular flexibility index (Phi) is 4.17. The number of nitrogens with one attached hydrogen (secondary N) is 1. The van der Waals surface area contributed by atoms with Crippen LogP contribution < -0.4 is 5.32 Å². The van der Waals surface area contributed by atoms with E-state index in [9.17, 15) is 13.6 Å². The van der Waals surface area contributed by atoms with Crippen LogP contribution in [0.2, 0.25) is 0 Å². The molecule has 0 radical (unpaired) electrons. The highest BCUT2D eigenvalue weighted by atomic mass is 19.3. The Hall–Kier alpha value is -1.50. The maximum atomic E-state index is 12.3. The molecule has 1 aromatic heterocycles. The lowest BCUT2D eigenvalue weighted by Crippen LogP contribution is -2.20. The molecule has 0 aromatic carbocycles. The molecule has 0 amide bonds. The third-order valence-corrected chi connectivity index (χ3v) is 1.76. The van der Waals surface area contributed by atoms with Crippen molar-refractivity contribution in [3.8, 4) is 0 Å². The van der Waals surface area contributed by atoms with E-state index in [1.807, 2.05) is 0 Å². The van der Waals surface area contributed by atoms with E-state index in [0.29, 0.717) is 0 Å². The molecule has 0 atom stereocenters. The van der Waals surface area contributed by atoms with Gasteiger partial charge in [0.2, 0.25) is 0 Å². The third-order valence-electron chi connectivity index (χ3n) is 1.76. The van der Waals surface area contributed by atoms with Gasteiger partial charge in [0.25, 0.3) is 0 Å². The summed E-state index contributed by atoms with van der Waals surface area (Å²) >= 11 is 0. The minimum absolute atomic E-state index is 0.0462. The van der Waals surface area contributed by atoms with E-state index in [2.05, 4.69) is 10.3 Å². The fourth-order valence-electron chi connectivity index (χ4n) is 1.05. The number of carboxylic acid groups (broad SMARTS) is 1. The normalized spacial score (nSPS) is 10.9. The van der Waals surface area contributed by atoms with Gasteiger partial charge in [0, 0.05) is 18.9 Å². The van der Waals surface area contributed by atoms with Crippen LogP contribution in [0.15, 0.2) is 12.4 Å². The van der Waals surface area contributed by atoms with Gasteiger partial charge >= 0.3 is 12.5 Å². The number of nitrogens with zero attached hydrogens (tertiary/aromatic N) is 2. The van der Waals surface area contributed by atoms with Crippen LogP contribution in [-0.2, 0) is 11.3 Å². The van der Waals surface area contributed by atoms with E-state index < -0.39 is 12.5 Å². The van der Waals surface area contributed by atoms with Crippen LogP contribution in [-0.4, -0.2) is 27.2 Å². The summed E-state index contributed by atoms with van der Waals surface area (Å²) in [7, 11) is 0. The van der Waals surface area contributed by atoms with Crippen molar-refractivity contribution >= 4 is 5.97 Å². The number of aliphatic carboxylic acids is 1. The van der Waals surface area contributed by atoms with Gasteiger partial charge in [-0.05, 0) is 0 Å². The van der Waals surface area contributed by atoms with Gasteiger partial charge in [0.1, 0.15) is 5.82 Å². The molecule has 7 heteroatoms. The summed E-state index contributed by atoms with van der Waals surface area (Å²) in [6.07, 6.45) is 2.41. The highest BCUT2D eigenvalue weighted by molar-refractivity contribution is 5.66. The second-order valence-electron chi connectivity index (χ2n) is 2.85. The largest absolute Gasteiger partial charge is 0.481 e. The van der Waals surface area contributed by atoms with Gasteiger partial charge in [0.05, 0.1) is 13.0 Å². The molecule has 84 valence electrons. The van der Waals surface area contributed by atoms with Crippen LogP contribution in [0.3, 0.4) is 0 Å². The number of rotatable bonds is 6. The third kappa shape index (κ3) is 3.62. The summed E-state index contributed by atoms with van der Waals surface area (Å²) in [5.41, 5.74) is 0. The molecule has 0 aliphatic rings. The predicted octanol–water partition coefficient (Wildman–Crippen LogP) is 0.842. The quantitative estimate of drug-likeness (QED) is 0.696. The summed E-state index contributed by atoms with van der Waals surface area (Å²) in [6.45, 7) is -2.26. The Bertz CT molecular complexity index is 327. The molecule has 0 unspecified atom stereocenters. The molecule has 2 N–H and O–H groups in total. The van der Waals surface area contributed by atoms with Crippen LogP contribution in [0.4, 0.5) is 8.78 Å². The van der Waals surface area contributed by atoms with E-state index in [0.717, 1.165) is 4.57 Å². The van der Waals surface area contributed by atoms with E-state index in [1.54, 1.807) is 0 Å². The van der Waals surface area contributed by atoms with E-state index in [-0.39, 0.29) is 25.3 Å². The molecule has 0 aliphatic carbocycles. The first-order chi connectivity index (χ1) is 7.11. The second-order valence-corrected chi connectivity index (χ2v) is 2.85. The fraction of sp³-hybridized carbons (Fsp3) is 0.500. The molecule has 1 aromatic rings. The molecule has 0 aliphatic heterocycles. The second kappa shape index (κ2) is 5.40. The van der Waals surface area contributed by atoms with Gasteiger partial charge in [-0.3, -0.25) is 9.36 Å². The smallest absolute Gasteiger partial charge is 0.319 e. The van der Waals surface area contributed by atoms with Gasteiger partial charge in [-0.1, -0.05) is 0 Å². The number of carboxylic acids is 1. The molecular weight excluding hydrogens is 208 g/mol. The molecule has 0 bridgehead atoms. The van der Waals surface area contributed by atoms with Crippen molar-refractivity contribution in [3.05, 3.63) is 18.2 Å². The Morgan fingerprint density at radius 3 is 3.00 bits per heavy atom. The Labute approximate surface area is 84.7 Å². The Morgan fingerprint density at radius 2 is 2.40 bits per heavy atom. The molecule has 1 rings (SSSR count). The molecule has 0 saturated heterocycles. The highest BCUT2D eigenvalue weighted by Crippen LogP contribution is 2.11. The average Bonchev–Trinajstić information content (AvgIpc) is 2.60. The molecule has 0 fully saturated rings. The standard InChI is InChI=1S/C8H11F2N3O2/c9-8(10)13-4-3-12-6(13)5-11-2-1-7(14)15/h3-4,8,11H,1-2,5H2,(H,14,15). The van der Waals surface area contributed by atoms with E-state index in [4.69, 9.17) is 5.11 Å². The maximum absolute atomic E-state index is 12.3. The minimum Gasteiger partial charge on any atom is -0.481 e. The van der Waals surface area contributed by atoms with Crippen LogP contribution in [0.1, 0.15) is 18.8 Å². The molecular formula is C8H11F2N3O2. The number of halogens is 2. The minimum atomic E-state index is -2.62. The van der Waals surface area contributed by atoms with Gasteiger partial charge in [-0.2, -0.15) is 8.78 Å². The van der Waals surface area contributed by atoms with Crippen molar-refractivity contribution in [2.24, 2.45) is 0 Å². The lowest BCUT2D eigenvalue weighted by Gasteiger charge is -2.06. The summed E-state index contributed by atoms with van der Waals surface area (Å²) < 4.78 is 25.3. The predicted molar refractivity (Wildman–Crippen MR) is 47.4 cm³/mol. The lowest BCUT2D eigenvalue weighted by molar-refractivity contribution is -0.136. The number of hydrogen-bond acceptors (Lipinski definition) is 3. The molecule has 5 nitrogen and oxygen atoms in total. The van der Waals surface area contributed by atoms with Gasteiger partial charge in [0.15, 0.2) is 0 Å². The average molecular weight is 219 g/mol. The zero-order valence-corrected chi connectivity index (χ0v) is 7.86. The number of aromatic nitrogens is 2. The van der Waals surface area contributed by atoms with Crippen LogP contribution in [0.5, 0.6) is 0 Å². The Morgan fingerprint density at radius 1 is 1.67 bits per heavy atom. The van der Waals surface area contributed by atoms with E-state index in [1.165, 1.54) is 12.4 Å². The number of carbonyl (C=O) groups is 1. The first kappa shape index (κ1) is 11.6. The fourth-order valence-corrected chi connectivity index (χ4v) is 1.05. The zero-order valence-electron chi connectivity index (χ0n) is 7.86. The van der Waals surface area contributed by atoms with Crippen LogP contribution in [0.25, 0.3) is 0 Å². The monoisotopic (exact) mass is 219 g/mol. The Balaban J connectivity index is 2.37. The number of alkyl halides is 2.